The Morgan fingerprint density at radius 2 is 1.83 bits per heavy atom. The van der Waals surface area contributed by atoms with Crippen molar-refractivity contribution >= 4 is 17.6 Å². The van der Waals surface area contributed by atoms with Gasteiger partial charge in [0.25, 0.3) is 0 Å². The number of oxime groups is 1. The summed E-state index contributed by atoms with van der Waals surface area (Å²) in [4.78, 5) is 5.85. The molecule has 92 valence electrons. The van der Waals surface area contributed by atoms with E-state index in [0.717, 1.165) is 9.79 Å². The van der Waals surface area contributed by atoms with Crippen LogP contribution in [0.2, 0.25) is 0 Å². The Hall–Kier alpha value is -2.08. The zero-order valence-electron chi connectivity index (χ0n) is 9.25. The summed E-state index contributed by atoms with van der Waals surface area (Å²) < 4.78 is 12.7. The predicted octanol–water partition coefficient (Wildman–Crippen LogP) is 2.47. The Morgan fingerprint density at radius 1 is 1.17 bits per heavy atom. The van der Waals surface area contributed by atoms with Gasteiger partial charge in [-0.15, -0.1) is 0 Å². The lowest BCUT2D eigenvalue weighted by Crippen LogP contribution is -2.14. The summed E-state index contributed by atoms with van der Waals surface area (Å²) in [5.74, 6) is -0.298. The average Bonchev–Trinajstić information content (AvgIpc) is 2.41. The van der Waals surface area contributed by atoms with Crippen LogP contribution in [0.3, 0.4) is 0 Å². The molecule has 0 aliphatic heterocycles. The van der Waals surface area contributed by atoms with Crippen LogP contribution in [0.4, 0.5) is 4.39 Å². The first-order chi connectivity index (χ1) is 8.69. The Labute approximate surface area is 107 Å². The summed E-state index contributed by atoms with van der Waals surface area (Å²) in [6, 6.07) is 9.64. The molecule has 1 aromatic carbocycles. The van der Waals surface area contributed by atoms with E-state index in [0.29, 0.717) is 5.69 Å². The molecule has 1 heterocycles. The third kappa shape index (κ3) is 2.98. The average molecular weight is 263 g/mol. The van der Waals surface area contributed by atoms with E-state index >= 15 is 0 Å². The molecule has 2 rings (SSSR count). The standard InChI is InChI=1S/C12H10FN3OS/c13-8-1-3-9(4-2-8)18-10-5-6-11(15-7-10)12(14)16-17/h1-7,17H,(H2,14,16). The van der Waals surface area contributed by atoms with Crippen molar-refractivity contribution in [3.05, 3.63) is 54.1 Å². The Kier molecular flexibility index (Phi) is 3.78. The van der Waals surface area contributed by atoms with Gasteiger partial charge in [0.1, 0.15) is 11.5 Å². The summed E-state index contributed by atoms with van der Waals surface area (Å²) in [5, 5.41) is 11.4. The van der Waals surface area contributed by atoms with E-state index in [1.54, 1.807) is 30.5 Å². The lowest BCUT2D eigenvalue weighted by Gasteiger charge is -2.02. The summed E-state index contributed by atoms with van der Waals surface area (Å²) in [7, 11) is 0. The zero-order valence-corrected chi connectivity index (χ0v) is 10.1. The van der Waals surface area contributed by atoms with Crippen molar-refractivity contribution in [3.63, 3.8) is 0 Å². The normalized spacial score (nSPS) is 11.5. The van der Waals surface area contributed by atoms with Crippen molar-refractivity contribution in [2.24, 2.45) is 10.9 Å². The van der Waals surface area contributed by atoms with Crippen LogP contribution < -0.4 is 5.73 Å². The molecule has 3 N–H and O–H groups in total. The number of nitrogens with zero attached hydrogens (tertiary/aromatic N) is 2. The van der Waals surface area contributed by atoms with Crippen LogP contribution in [0.25, 0.3) is 0 Å². The second kappa shape index (κ2) is 5.50. The second-order valence-corrected chi connectivity index (χ2v) is 4.57. The number of hydrogen-bond donors (Lipinski definition) is 2. The van der Waals surface area contributed by atoms with Crippen molar-refractivity contribution in [1.82, 2.24) is 4.98 Å². The maximum Gasteiger partial charge on any atom is 0.188 e. The van der Waals surface area contributed by atoms with Crippen LogP contribution in [0, 0.1) is 5.82 Å². The zero-order chi connectivity index (χ0) is 13.0. The highest BCUT2D eigenvalue weighted by atomic mass is 32.2. The highest BCUT2D eigenvalue weighted by Crippen LogP contribution is 2.26. The van der Waals surface area contributed by atoms with Gasteiger partial charge in [0.05, 0.1) is 0 Å². The van der Waals surface area contributed by atoms with E-state index < -0.39 is 0 Å². The van der Waals surface area contributed by atoms with E-state index in [1.165, 1.54) is 23.9 Å². The molecule has 0 atom stereocenters. The number of pyridine rings is 1. The fourth-order valence-corrected chi connectivity index (χ4v) is 2.07. The molecule has 18 heavy (non-hydrogen) atoms. The van der Waals surface area contributed by atoms with Crippen LogP contribution in [-0.2, 0) is 0 Å². The molecule has 0 saturated heterocycles. The molecular weight excluding hydrogens is 253 g/mol. The van der Waals surface area contributed by atoms with E-state index in [-0.39, 0.29) is 11.7 Å². The topological polar surface area (TPSA) is 71.5 Å². The summed E-state index contributed by atoms with van der Waals surface area (Å²) in [5.41, 5.74) is 5.81. The van der Waals surface area contributed by atoms with Gasteiger partial charge in [-0.1, -0.05) is 16.9 Å². The summed E-state index contributed by atoms with van der Waals surface area (Å²) >= 11 is 1.45. The lowest BCUT2D eigenvalue weighted by atomic mass is 10.3. The summed E-state index contributed by atoms with van der Waals surface area (Å²) in [6.07, 6.45) is 1.61. The molecule has 1 aromatic heterocycles. The number of halogens is 1. The number of hydrogen-bond acceptors (Lipinski definition) is 4. The van der Waals surface area contributed by atoms with Gasteiger partial charge in [0, 0.05) is 16.0 Å². The fraction of sp³-hybridized carbons (Fsp3) is 0. The van der Waals surface area contributed by atoms with Crippen molar-refractivity contribution in [1.29, 1.82) is 0 Å². The third-order valence-corrected chi connectivity index (χ3v) is 3.14. The lowest BCUT2D eigenvalue weighted by molar-refractivity contribution is 0.318. The quantitative estimate of drug-likeness (QED) is 0.386. The van der Waals surface area contributed by atoms with Crippen molar-refractivity contribution in [3.8, 4) is 0 Å². The minimum absolute atomic E-state index is 0.0340. The number of aromatic nitrogens is 1. The second-order valence-electron chi connectivity index (χ2n) is 3.42. The van der Waals surface area contributed by atoms with E-state index in [9.17, 15) is 4.39 Å². The Balaban J connectivity index is 2.13. The van der Waals surface area contributed by atoms with E-state index in [2.05, 4.69) is 10.1 Å². The number of benzene rings is 1. The third-order valence-electron chi connectivity index (χ3n) is 2.16. The Morgan fingerprint density at radius 3 is 2.39 bits per heavy atom. The summed E-state index contributed by atoms with van der Waals surface area (Å²) in [6.45, 7) is 0. The van der Waals surface area contributed by atoms with E-state index in [1.807, 2.05) is 0 Å². The van der Waals surface area contributed by atoms with E-state index in [4.69, 9.17) is 10.9 Å². The minimum Gasteiger partial charge on any atom is -0.409 e. The highest BCUT2D eigenvalue weighted by Gasteiger charge is 2.02. The van der Waals surface area contributed by atoms with Gasteiger partial charge in [-0.2, -0.15) is 0 Å². The maximum atomic E-state index is 12.7. The van der Waals surface area contributed by atoms with Gasteiger partial charge >= 0.3 is 0 Å². The van der Waals surface area contributed by atoms with Gasteiger partial charge in [-0.05, 0) is 36.4 Å². The fourth-order valence-electron chi connectivity index (χ4n) is 1.28. The van der Waals surface area contributed by atoms with Gasteiger partial charge in [0.2, 0.25) is 0 Å². The molecule has 0 spiro atoms. The largest absolute Gasteiger partial charge is 0.409 e. The first-order valence-electron chi connectivity index (χ1n) is 5.06. The van der Waals surface area contributed by atoms with Crippen LogP contribution in [0.5, 0.6) is 0 Å². The van der Waals surface area contributed by atoms with Gasteiger partial charge in [-0.3, -0.25) is 4.98 Å². The first-order valence-corrected chi connectivity index (χ1v) is 5.88. The van der Waals surface area contributed by atoms with Crippen molar-refractivity contribution in [2.75, 3.05) is 0 Å². The molecule has 0 fully saturated rings. The molecule has 2 aromatic rings. The van der Waals surface area contributed by atoms with Gasteiger partial charge in [0.15, 0.2) is 5.84 Å². The number of nitrogens with two attached hydrogens (primary N) is 1. The molecule has 0 radical (unpaired) electrons. The Bertz CT molecular complexity index is 555. The molecule has 0 unspecified atom stereocenters. The molecule has 0 bridgehead atoms. The molecule has 0 aliphatic rings. The van der Waals surface area contributed by atoms with Crippen molar-refractivity contribution < 1.29 is 9.60 Å². The number of amidine groups is 1. The monoisotopic (exact) mass is 263 g/mol. The first kappa shape index (κ1) is 12.4. The van der Waals surface area contributed by atoms with Crippen LogP contribution >= 0.6 is 11.8 Å². The molecule has 6 heteroatoms. The molecule has 0 amide bonds. The van der Waals surface area contributed by atoms with Gasteiger partial charge in [-0.25, -0.2) is 4.39 Å². The maximum absolute atomic E-state index is 12.7. The molecular formula is C12H10FN3OS. The van der Waals surface area contributed by atoms with Gasteiger partial charge < -0.3 is 10.9 Å². The minimum atomic E-state index is -0.264. The molecule has 0 saturated carbocycles. The van der Waals surface area contributed by atoms with Crippen LogP contribution in [0.1, 0.15) is 5.69 Å². The predicted molar refractivity (Wildman–Crippen MR) is 67.3 cm³/mol. The SMILES string of the molecule is N/C(=N/O)c1ccc(Sc2ccc(F)cc2)cn1. The molecule has 4 nitrogen and oxygen atoms in total. The number of rotatable bonds is 3. The van der Waals surface area contributed by atoms with Crippen LogP contribution in [-0.4, -0.2) is 16.0 Å². The smallest absolute Gasteiger partial charge is 0.188 e. The highest BCUT2D eigenvalue weighted by molar-refractivity contribution is 7.99. The van der Waals surface area contributed by atoms with Crippen molar-refractivity contribution in [2.45, 2.75) is 9.79 Å². The van der Waals surface area contributed by atoms with Crippen LogP contribution in [0.15, 0.2) is 57.5 Å². The molecule has 0 aliphatic carbocycles.